The van der Waals surface area contributed by atoms with Gasteiger partial charge in [-0.05, 0) is 43.5 Å². The Labute approximate surface area is 133 Å². The summed E-state index contributed by atoms with van der Waals surface area (Å²) in [6, 6.07) is 6.12. The largest absolute Gasteiger partial charge is 0.495 e. The zero-order valence-corrected chi connectivity index (χ0v) is 14.0. The summed E-state index contributed by atoms with van der Waals surface area (Å²) >= 11 is 6.13. The summed E-state index contributed by atoms with van der Waals surface area (Å²) in [5, 5.41) is 4.06. The van der Waals surface area contributed by atoms with Crippen molar-refractivity contribution >= 4 is 11.6 Å². The van der Waals surface area contributed by atoms with Gasteiger partial charge in [-0.2, -0.15) is 0 Å². The smallest absolute Gasteiger partial charge is 0.137 e. The molecule has 21 heavy (non-hydrogen) atoms. The highest BCUT2D eigenvalue weighted by molar-refractivity contribution is 6.32. The standard InChI is InChI=1S/C17H26ClNO2/c1-19-16(13-9-10-14(18)15(11-13)20-2)17(21-3)12-7-5-4-6-8-12/h9-12,16-17,19H,4-8H2,1-3H3. The summed E-state index contributed by atoms with van der Waals surface area (Å²) < 4.78 is 11.2. The van der Waals surface area contributed by atoms with Gasteiger partial charge in [0.15, 0.2) is 0 Å². The molecular weight excluding hydrogens is 286 g/mol. The zero-order chi connectivity index (χ0) is 15.2. The van der Waals surface area contributed by atoms with Crippen LogP contribution in [0.5, 0.6) is 5.75 Å². The van der Waals surface area contributed by atoms with E-state index in [0.29, 0.717) is 16.7 Å². The predicted molar refractivity (Wildman–Crippen MR) is 87.2 cm³/mol. The van der Waals surface area contributed by atoms with Gasteiger partial charge in [0.2, 0.25) is 0 Å². The Hall–Kier alpha value is -0.770. The molecule has 0 aromatic heterocycles. The molecule has 0 amide bonds. The van der Waals surface area contributed by atoms with E-state index in [1.54, 1.807) is 7.11 Å². The van der Waals surface area contributed by atoms with Gasteiger partial charge in [0.1, 0.15) is 5.75 Å². The van der Waals surface area contributed by atoms with Crippen molar-refractivity contribution in [1.29, 1.82) is 0 Å². The van der Waals surface area contributed by atoms with Gasteiger partial charge in [-0.25, -0.2) is 0 Å². The molecule has 1 aromatic carbocycles. The highest BCUT2D eigenvalue weighted by Crippen LogP contribution is 2.36. The number of hydrogen-bond donors (Lipinski definition) is 1. The monoisotopic (exact) mass is 311 g/mol. The number of methoxy groups -OCH3 is 2. The summed E-state index contributed by atoms with van der Waals surface area (Å²) in [5.41, 5.74) is 1.16. The Morgan fingerprint density at radius 1 is 1.19 bits per heavy atom. The molecular formula is C17H26ClNO2. The van der Waals surface area contributed by atoms with Gasteiger partial charge >= 0.3 is 0 Å². The number of nitrogens with one attached hydrogen (secondary N) is 1. The van der Waals surface area contributed by atoms with Crippen LogP contribution in [0, 0.1) is 5.92 Å². The molecule has 2 unspecified atom stereocenters. The molecule has 3 nitrogen and oxygen atoms in total. The number of likely N-dealkylation sites (N-methyl/N-ethyl adjacent to an activating group) is 1. The van der Waals surface area contributed by atoms with Gasteiger partial charge in [0.25, 0.3) is 0 Å². The van der Waals surface area contributed by atoms with Gasteiger partial charge in [-0.1, -0.05) is 36.9 Å². The van der Waals surface area contributed by atoms with Crippen LogP contribution in [0.1, 0.15) is 43.7 Å². The molecule has 118 valence electrons. The number of benzene rings is 1. The number of rotatable bonds is 6. The second-order valence-electron chi connectivity index (χ2n) is 5.76. The van der Waals surface area contributed by atoms with E-state index in [-0.39, 0.29) is 12.1 Å². The average molecular weight is 312 g/mol. The lowest BCUT2D eigenvalue weighted by Gasteiger charge is -2.35. The SMILES string of the molecule is CNC(c1ccc(Cl)c(OC)c1)C(OC)C1CCCCC1. The first-order valence-corrected chi connectivity index (χ1v) is 8.12. The Balaban J connectivity index is 2.23. The van der Waals surface area contributed by atoms with E-state index >= 15 is 0 Å². The van der Waals surface area contributed by atoms with Gasteiger partial charge < -0.3 is 14.8 Å². The van der Waals surface area contributed by atoms with E-state index in [9.17, 15) is 0 Å². The molecule has 1 N–H and O–H groups in total. The minimum absolute atomic E-state index is 0.157. The van der Waals surface area contributed by atoms with E-state index < -0.39 is 0 Å². The maximum Gasteiger partial charge on any atom is 0.137 e. The summed E-state index contributed by atoms with van der Waals surface area (Å²) in [4.78, 5) is 0. The molecule has 0 radical (unpaired) electrons. The molecule has 0 heterocycles. The summed E-state index contributed by atoms with van der Waals surface area (Å²) in [7, 11) is 5.45. The number of halogens is 1. The lowest BCUT2D eigenvalue weighted by molar-refractivity contribution is 0.00937. The molecule has 0 aliphatic heterocycles. The van der Waals surface area contributed by atoms with Crippen molar-refractivity contribution in [1.82, 2.24) is 5.32 Å². The second-order valence-corrected chi connectivity index (χ2v) is 6.17. The Morgan fingerprint density at radius 3 is 2.48 bits per heavy atom. The third kappa shape index (κ3) is 3.91. The lowest BCUT2D eigenvalue weighted by Crippen LogP contribution is -2.37. The molecule has 1 aromatic rings. The van der Waals surface area contributed by atoms with Crippen LogP contribution < -0.4 is 10.1 Å². The van der Waals surface area contributed by atoms with Crippen LogP contribution in [0.3, 0.4) is 0 Å². The fourth-order valence-corrected chi connectivity index (χ4v) is 3.65. The van der Waals surface area contributed by atoms with Crippen molar-refractivity contribution in [2.45, 2.75) is 44.2 Å². The minimum Gasteiger partial charge on any atom is -0.495 e. The van der Waals surface area contributed by atoms with Gasteiger partial charge in [0.05, 0.1) is 24.3 Å². The molecule has 0 saturated heterocycles. The fraction of sp³-hybridized carbons (Fsp3) is 0.647. The van der Waals surface area contributed by atoms with Crippen LogP contribution >= 0.6 is 11.6 Å². The normalized spacial score (nSPS) is 19.2. The van der Waals surface area contributed by atoms with E-state index in [2.05, 4.69) is 11.4 Å². The molecule has 4 heteroatoms. The minimum atomic E-state index is 0.157. The quantitative estimate of drug-likeness (QED) is 0.854. The van der Waals surface area contributed by atoms with Crippen LogP contribution in [0.15, 0.2) is 18.2 Å². The third-order valence-corrected chi connectivity index (χ3v) is 4.87. The maximum absolute atomic E-state index is 6.13. The second kappa shape index (κ2) is 8.02. The van der Waals surface area contributed by atoms with E-state index in [1.165, 1.54) is 32.1 Å². The van der Waals surface area contributed by atoms with E-state index in [4.69, 9.17) is 21.1 Å². The van der Waals surface area contributed by atoms with Crippen molar-refractivity contribution < 1.29 is 9.47 Å². The number of hydrogen-bond acceptors (Lipinski definition) is 3. The van der Waals surface area contributed by atoms with Crippen molar-refractivity contribution in [3.05, 3.63) is 28.8 Å². The van der Waals surface area contributed by atoms with Crippen LogP contribution in [-0.2, 0) is 4.74 Å². The molecule has 1 fully saturated rings. The molecule has 2 atom stereocenters. The summed E-state index contributed by atoms with van der Waals surface area (Å²) in [6.07, 6.45) is 6.66. The highest BCUT2D eigenvalue weighted by atomic mass is 35.5. The molecule has 0 bridgehead atoms. The van der Waals surface area contributed by atoms with Crippen LogP contribution in [0.25, 0.3) is 0 Å². The molecule has 2 rings (SSSR count). The van der Waals surface area contributed by atoms with Crippen molar-refractivity contribution in [2.24, 2.45) is 5.92 Å². The third-order valence-electron chi connectivity index (χ3n) is 4.56. The average Bonchev–Trinajstić information content (AvgIpc) is 2.54. The van der Waals surface area contributed by atoms with Crippen molar-refractivity contribution in [2.75, 3.05) is 21.3 Å². The van der Waals surface area contributed by atoms with Gasteiger partial charge in [0, 0.05) is 7.11 Å². The molecule has 1 saturated carbocycles. The van der Waals surface area contributed by atoms with Crippen LogP contribution in [0.4, 0.5) is 0 Å². The summed E-state index contributed by atoms with van der Waals surface area (Å²) in [5.74, 6) is 1.33. The molecule has 1 aliphatic carbocycles. The van der Waals surface area contributed by atoms with Crippen molar-refractivity contribution in [3.8, 4) is 5.75 Å². The maximum atomic E-state index is 6.13. The van der Waals surface area contributed by atoms with Crippen LogP contribution in [-0.4, -0.2) is 27.4 Å². The first-order chi connectivity index (χ1) is 10.2. The van der Waals surface area contributed by atoms with E-state index in [1.807, 2.05) is 26.3 Å². The summed E-state index contributed by atoms with van der Waals surface area (Å²) in [6.45, 7) is 0. The zero-order valence-electron chi connectivity index (χ0n) is 13.2. The first-order valence-electron chi connectivity index (χ1n) is 7.74. The van der Waals surface area contributed by atoms with Crippen LogP contribution in [0.2, 0.25) is 5.02 Å². The Kier molecular flexibility index (Phi) is 6.34. The topological polar surface area (TPSA) is 30.5 Å². The lowest BCUT2D eigenvalue weighted by atomic mass is 9.81. The predicted octanol–water partition coefficient (Wildman–Crippen LogP) is 4.20. The van der Waals surface area contributed by atoms with Crippen molar-refractivity contribution in [3.63, 3.8) is 0 Å². The van der Waals surface area contributed by atoms with E-state index in [0.717, 1.165) is 5.56 Å². The molecule has 1 aliphatic rings. The van der Waals surface area contributed by atoms with Gasteiger partial charge in [-0.3, -0.25) is 0 Å². The van der Waals surface area contributed by atoms with Gasteiger partial charge in [-0.15, -0.1) is 0 Å². The fourth-order valence-electron chi connectivity index (χ4n) is 3.45. The number of ether oxygens (including phenoxy) is 2. The highest BCUT2D eigenvalue weighted by Gasteiger charge is 2.31. The Morgan fingerprint density at radius 2 is 1.90 bits per heavy atom. The first kappa shape index (κ1) is 16.6. The molecule has 0 spiro atoms. The Bertz CT molecular complexity index is 446.